The maximum Gasteiger partial charge on any atom is 0.0642 e. The van der Waals surface area contributed by atoms with Crippen LogP contribution in [0.25, 0.3) is 0 Å². The Balaban J connectivity index is 2.09. The zero-order valence-corrected chi connectivity index (χ0v) is 13.9. The lowest BCUT2D eigenvalue weighted by Crippen LogP contribution is -2.37. The first-order valence-corrected chi connectivity index (χ1v) is 8.05. The van der Waals surface area contributed by atoms with E-state index in [1.807, 2.05) is 0 Å². The molecule has 1 aliphatic rings. The lowest BCUT2D eigenvalue weighted by molar-refractivity contribution is 0.424. The zero-order valence-electron chi connectivity index (χ0n) is 13.2. The van der Waals surface area contributed by atoms with Crippen molar-refractivity contribution in [3.05, 3.63) is 28.8 Å². The number of halogens is 1. The van der Waals surface area contributed by atoms with Crippen molar-refractivity contribution in [2.75, 3.05) is 11.4 Å². The summed E-state index contributed by atoms with van der Waals surface area (Å²) in [5, 5.41) is 4.38. The van der Waals surface area contributed by atoms with E-state index in [1.165, 1.54) is 30.5 Å². The lowest BCUT2D eigenvalue weighted by atomic mass is 10.0. The Labute approximate surface area is 128 Å². The summed E-state index contributed by atoms with van der Waals surface area (Å²) >= 11 is 6.51. The fraction of sp³-hybridized carbons (Fsp3) is 0.647. The molecule has 0 aromatic heterocycles. The summed E-state index contributed by atoms with van der Waals surface area (Å²) in [4.78, 5) is 2.45. The molecule has 1 heterocycles. The van der Waals surface area contributed by atoms with Gasteiger partial charge in [-0.2, -0.15) is 0 Å². The number of piperidine rings is 1. The average molecular weight is 295 g/mol. The van der Waals surface area contributed by atoms with Crippen LogP contribution in [0.5, 0.6) is 0 Å². The summed E-state index contributed by atoms with van der Waals surface area (Å²) < 4.78 is 0. The van der Waals surface area contributed by atoms with Gasteiger partial charge in [-0.05, 0) is 64.7 Å². The first kappa shape index (κ1) is 15.7. The monoisotopic (exact) mass is 294 g/mol. The average Bonchev–Trinajstić information content (AvgIpc) is 2.37. The molecule has 1 aliphatic heterocycles. The Bertz CT molecular complexity index is 451. The Morgan fingerprint density at radius 3 is 2.65 bits per heavy atom. The smallest absolute Gasteiger partial charge is 0.0642 e. The van der Waals surface area contributed by atoms with Crippen molar-refractivity contribution in [1.29, 1.82) is 0 Å². The minimum absolute atomic E-state index is 0.131. The van der Waals surface area contributed by atoms with Crippen molar-refractivity contribution >= 4 is 17.3 Å². The number of anilines is 1. The molecule has 0 aliphatic carbocycles. The van der Waals surface area contributed by atoms with E-state index >= 15 is 0 Å². The van der Waals surface area contributed by atoms with Gasteiger partial charge in [-0.1, -0.05) is 17.7 Å². The van der Waals surface area contributed by atoms with Crippen molar-refractivity contribution in [2.24, 2.45) is 0 Å². The van der Waals surface area contributed by atoms with Gasteiger partial charge in [0.05, 0.1) is 10.7 Å². The van der Waals surface area contributed by atoms with Gasteiger partial charge in [-0.3, -0.25) is 0 Å². The van der Waals surface area contributed by atoms with Crippen molar-refractivity contribution in [2.45, 2.75) is 65.1 Å². The van der Waals surface area contributed by atoms with Crippen LogP contribution < -0.4 is 10.2 Å². The first-order chi connectivity index (χ1) is 9.37. The molecule has 112 valence electrons. The predicted molar refractivity (Wildman–Crippen MR) is 88.7 cm³/mol. The van der Waals surface area contributed by atoms with E-state index in [1.54, 1.807) is 0 Å². The maximum atomic E-state index is 6.51. The highest BCUT2D eigenvalue weighted by Crippen LogP contribution is 2.31. The van der Waals surface area contributed by atoms with Crippen LogP contribution in [0.4, 0.5) is 5.69 Å². The Morgan fingerprint density at radius 2 is 2.05 bits per heavy atom. The minimum Gasteiger partial charge on any atom is -0.368 e. The second kappa shape index (κ2) is 6.36. The molecule has 0 amide bonds. The highest BCUT2D eigenvalue weighted by Gasteiger charge is 2.20. The topological polar surface area (TPSA) is 15.3 Å². The molecule has 1 unspecified atom stereocenters. The van der Waals surface area contributed by atoms with Crippen LogP contribution in [0.1, 0.15) is 52.5 Å². The summed E-state index contributed by atoms with van der Waals surface area (Å²) in [6, 6.07) is 7.09. The third-order valence-corrected chi connectivity index (χ3v) is 4.25. The largest absolute Gasteiger partial charge is 0.368 e. The van der Waals surface area contributed by atoms with Crippen LogP contribution in [-0.2, 0) is 6.54 Å². The van der Waals surface area contributed by atoms with Crippen LogP contribution in [0.15, 0.2) is 18.2 Å². The zero-order chi connectivity index (χ0) is 14.8. The van der Waals surface area contributed by atoms with E-state index in [2.05, 4.69) is 56.1 Å². The highest BCUT2D eigenvalue weighted by molar-refractivity contribution is 6.33. The van der Waals surface area contributed by atoms with Crippen LogP contribution in [-0.4, -0.2) is 18.1 Å². The van der Waals surface area contributed by atoms with Gasteiger partial charge in [-0.25, -0.2) is 0 Å². The molecule has 20 heavy (non-hydrogen) atoms. The maximum absolute atomic E-state index is 6.51. The summed E-state index contributed by atoms with van der Waals surface area (Å²) in [6.07, 6.45) is 3.88. The number of hydrogen-bond donors (Lipinski definition) is 1. The fourth-order valence-electron chi connectivity index (χ4n) is 2.72. The van der Waals surface area contributed by atoms with Crippen LogP contribution >= 0.6 is 11.6 Å². The van der Waals surface area contributed by atoms with E-state index in [0.29, 0.717) is 6.04 Å². The van der Waals surface area contributed by atoms with Gasteiger partial charge in [0.15, 0.2) is 0 Å². The standard InChI is InChI=1S/C17H27ClN2/c1-13-7-5-6-10-20(13)16-9-8-14(11-15(16)18)12-19-17(2,3)4/h8-9,11,13,19H,5-7,10,12H2,1-4H3. The molecule has 1 N–H and O–H groups in total. The van der Waals surface area contributed by atoms with Crippen LogP contribution in [0, 0.1) is 0 Å². The predicted octanol–water partition coefficient (Wildman–Crippen LogP) is 4.61. The first-order valence-electron chi connectivity index (χ1n) is 7.67. The van der Waals surface area contributed by atoms with Crippen molar-refractivity contribution in [3.63, 3.8) is 0 Å². The van der Waals surface area contributed by atoms with Gasteiger partial charge in [0.2, 0.25) is 0 Å². The van der Waals surface area contributed by atoms with Crippen molar-refractivity contribution in [3.8, 4) is 0 Å². The molecular formula is C17H27ClN2. The molecule has 1 aromatic rings. The molecule has 0 saturated carbocycles. The number of nitrogens with zero attached hydrogens (tertiary/aromatic N) is 1. The molecule has 2 nitrogen and oxygen atoms in total. The minimum atomic E-state index is 0.131. The van der Waals surface area contributed by atoms with Gasteiger partial charge in [0.1, 0.15) is 0 Å². The van der Waals surface area contributed by atoms with E-state index in [-0.39, 0.29) is 5.54 Å². The van der Waals surface area contributed by atoms with Crippen LogP contribution in [0.2, 0.25) is 5.02 Å². The second-order valence-corrected chi connectivity index (χ2v) is 7.33. The number of nitrogens with one attached hydrogen (secondary N) is 1. The third kappa shape index (κ3) is 4.13. The normalized spacial score (nSPS) is 20.2. The second-order valence-electron chi connectivity index (χ2n) is 6.93. The molecule has 0 bridgehead atoms. The van der Waals surface area contributed by atoms with Gasteiger partial charge >= 0.3 is 0 Å². The van der Waals surface area contributed by atoms with E-state index in [0.717, 1.165) is 18.1 Å². The Morgan fingerprint density at radius 1 is 1.30 bits per heavy atom. The molecular weight excluding hydrogens is 268 g/mol. The third-order valence-electron chi connectivity index (χ3n) is 3.95. The van der Waals surface area contributed by atoms with Gasteiger partial charge in [-0.15, -0.1) is 0 Å². The van der Waals surface area contributed by atoms with Crippen LogP contribution in [0.3, 0.4) is 0 Å². The molecule has 1 fully saturated rings. The van der Waals surface area contributed by atoms with E-state index < -0.39 is 0 Å². The van der Waals surface area contributed by atoms with Crippen molar-refractivity contribution < 1.29 is 0 Å². The molecule has 1 aromatic carbocycles. The summed E-state index contributed by atoms with van der Waals surface area (Å²) in [6.45, 7) is 10.8. The number of rotatable bonds is 3. The molecule has 3 heteroatoms. The summed E-state index contributed by atoms with van der Waals surface area (Å²) in [5.74, 6) is 0. The van der Waals surface area contributed by atoms with E-state index in [9.17, 15) is 0 Å². The molecule has 0 spiro atoms. The molecule has 1 atom stereocenters. The molecule has 1 saturated heterocycles. The van der Waals surface area contributed by atoms with Crippen molar-refractivity contribution in [1.82, 2.24) is 5.32 Å². The number of benzene rings is 1. The van der Waals surface area contributed by atoms with E-state index in [4.69, 9.17) is 11.6 Å². The van der Waals surface area contributed by atoms with Gasteiger partial charge < -0.3 is 10.2 Å². The fourth-order valence-corrected chi connectivity index (χ4v) is 3.03. The molecule has 2 rings (SSSR count). The van der Waals surface area contributed by atoms with Gasteiger partial charge in [0, 0.05) is 24.7 Å². The quantitative estimate of drug-likeness (QED) is 0.876. The summed E-state index contributed by atoms with van der Waals surface area (Å²) in [5.41, 5.74) is 2.57. The highest BCUT2D eigenvalue weighted by atomic mass is 35.5. The van der Waals surface area contributed by atoms with Gasteiger partial charge in [0.25, 0.3) is 0 Å². The lowest BCUT2D eigenvalue weighted by Gasteiger charge is -2.36. The Hall–Kier alpha value is -0.730. The molecule has 0 radical (unpaired) electrons. The number of hydrogen-bond acceptors (Lipinski definition) is 2. The SMILES string of the molecule is CC1CCCCN1c1ccc(CNC(C)(C)C)cc1Cl. The Kier molecular flexibility index (Phi) is 4.98. The summed E-state index contributed by atoms with van der Waals surface area (Å²) in [7, 11) is 0.